The van der Waals surface area contributed by atoms with Crippen LogP contribution in [0.4, 0.5) is 0 Å². The van der Waals surface area contributed by atoms with E-state index >= 15 is 0 Å². The summed E-state index contributed by atoms with van der Waals surface area (Å²) in [6, 6.07) is 0.383. The molecule has 1 heterocycles. The Morgan fingerprint density at radius 1 is 1.31 bits per heavy atom. The van der Waals surface area contributed by atoms with Gasteiger partial charge in [-0.2, -0.15) is 0 Å². The number of rotatable bonds is 3. The van der Waals surface area contributed by atoms with E-state index in [0.717, 1.165) is 31.2 Å². The summed E-state index contributed by atoms with van der Waals surface area (Å²) in [5, 5.41) is 4.20. The van der Waals surface area contributed by atoms with Crippen molar-refractivity contribution in [2.45, 2.75) is 38.1 Å². The molecular weight excluding hydrogens is 270 g/mol. The van der Waals surface area contributed by atoms with Crippen molar-refractivity contribution in [3.05, 3.63) is 0 Å². The van der Waals surface area contributed by atoms with Gasteiger partial charge in [0.25, 0.3) is 0 Å². The molecule has 0 spiro atoms. The van der Waals surface area contributed by atoms with Crippen LogP contribution in [-0.2, 0) is 9.53 Å². The van der Waals surface area contributed by atoms with E-state index in [4.69, 9.17) is 4.74 Å². The molecule has 0 bridgehead atoms. The molecule has 3 atom stereocenters. The molecular formula is C12H20BrNO2. The second-order valence-corrected chi connectivity index (χ2v) is 5.52. The fourth-order valence-corrected chi connectivity index (χ4v) is 3.43. The molecule has 0 radical (unpaired) electrons. The number of nitrogens with one attached hydrogen (secondary N) is 1. The summed E-state index contributed by atoms with van der Waals surface area (Å²) in [6.07, 6.45) is 5.61. The number of alkyl halides is 1. The topological polar surface area (TPSA) is 38.3 Å². The summed E-state index contributed by atoms with van der Waals surface area (Å²) in [7, 11) is 0. The number of hydrogen-bond acceptors (Lipinski definition) is 2. The Morgan fingerprint density at radius 3 is 2.88 bits per heavy atom. The van der Waals surface area contributed by atoms with Crippen molar-refractivity contribution in [3.8, 4) is 0 Å². The Morgan fingerprint density at radius 2 is 2.19 bits per heavy atom. The molecule has 2 fully saturated rings. The van der Waals surface area contributed by atoms with Crippen LogP contribution in [0, 0.1) is 11.8 Å². The van der Waals surface area contributed by atoms with Gasteiger partial charge < -0.3 is 10.1 Å². The second-order valence-electron chi connectivity index (χ2n) is 4.87. The number of carbonyl (C=O) groups excluding carboxylic acids is 1. The Kier molecular flexibility index (Phi) is 4.65. The van der Waals surface area contributed by atoms with Gasteiger partial charge in [-0.25, -0.2) is 0 Å². The summed E-state index contributed by atoms with van der Waals surface area (Å²) in [4.78, 5) is 12.0. The minimum absolute atomic E-state index is 0.0883. The van der Waals surface area contributed by atoms with E-state index in [1.165, 1.54) is 12.8 Å². The Bertz CT molecular complexity index is 241. The number of hydrogen-bond donors (Lipinski definition) is 1. The van der Waals surface area contributed by atoms with Crippen LogP contribution in [0.2, 0.25) is 0 Å². The van der Waals surface area contributed by atoms with Gasteiger partial charge in [-0.15, -0.1) is 0 Å². The highest BCUT2D eigenvalue weighted by molar-refractivity contribution is 9.09. The zero-order valence-corrected chi connectivity index (χ0v) is 11.2. The lowest BCUT2D eigenvalue weighted by Gasteiger charge is -2.25. The van der Waals surface area contributed by atoms with Gasteiger partial charge in [-0.3, -0.25) is 4.79 Å². The first-order chi connectivity index (χ1) is 7.81. The summed E-state index contributed by atoms with van der Waals surface area (Å²) < 4.78 is 5.35. The molecule has 1 aliphatic carbocycles. The van der Waals surface area contributed by atoms with Gasteiger partial charge in [-0.05, 0) is 31.6 Å². The first kappa shape index (κ1) is 12.4. The number of carbonyl (C=O) groups is 1. The van der Waals surface area contributed by atoms with Gasteiger partial charge in [0, 0.05) is 18.0 Å². The SMILES string of the molecule is O=C(NC1CCCC1CBr)C1CCCOC1. The molecule has 0 aromatic rings. The van der Waals surface area contributed by atoms with Crippen LogP contribution in [0.3, 0.4) is 0 Å². The second kappa shape index (κ2) is 6.01. The van der Waals surface area contributed by atoms with Crippen molar-refractivity contribution in [1.82, 2.24) is 5.32 Å². The molecule has 92 valence electrons. The molecule has 0 aromatic carbocycles. The summed E-state index contributed by atoms with van der Waals surface area (Å²) in [5.74, 6) is 0.913. The van der Waals surface area contributed by atoms with Gasteiger partial charge in [0.15, 0.2) is 0 Å². The average molecular weight is 290 g/mol. The van der Waals surface area contributed by atoms with Crippen LogP contribution >= 0.6 is 15.9 Å². The van der Waals surface area contributed by atoms with Crippen LogP contribution < -0.4 is 5.32 Å². The molecule has 2 rings (SSSR count). The Balaban J connectivity index is 1.81. The fraction of sp³-hybridized carbons (Fsp3) is 0.917. The van der Waals surface area contributed by atoms with E-state index in [2.05, 4.69) is 21.2 Å². The maximum atomic E-state index is 12.0. The summed E-state index contributed by atoms with van der Waals surface area (Å²) in [5.41, 5.74) is 0. The maximum absolute atomic E-state index is 12.0. The van der Waals surface area contributed by atoms with E-state index in [1.54, 1.807) is 0 Å². The Hall–Kier alpha value is -0.0900. The largest absolute Gasteiger partial charge is 0.381 e. The monoisotopic (exact) mass is 289 g/mol. The van der Waals surface area contributed by atoms with Gasteiger partial charge >= 0.3 is 0 Å². The van der Waals surface area contributed by atoms with Crippen molar-refractivity contribution >= 4 is 21.8 Å². The van der Waals surface area contributed by atoms with Crippen LogP contribution in [0.1, 0.15) is 32.1 Å². The molecule has 1 saturated carbocycles. The molecule has 2 aliphatic rings. The third-order valence-corrected chi connectivity index (χ3v) is 4.55. The van der Waals surface area contributed by atoms with Crippen molar-refractivity contribution in [1.29, 1.82) is 0 Å². The zero-order valence-electron chi connectivity index (χ0n) is 9.58. The predicted octanol–water partition coefficient (Wildman–Crippen LogP) is 2.09. The molecule has 1 aliphatic heterocycles. The van der Waals surface area contributed by atoms with Gasteiger partial charge in [0.2, 0.25) is 5.91 Å². The zero-order chi connectivity index (χ0) is 11.4. The minimum atomic E-state index is 0.0883. The van der Waals surface area contributed by atoms with Gasteiger partial charge in [0.05, 0.1) is 12.5 Å². The minimum Gasteiger partial charge on any atom is -0.381 e. The molecule has 0 aromatic heterocycles. The third-order valence-electron chi connectivity index (χ3n) is 3.72. The first-order valence-corrected chi connectivity index (χ1v) is 7.37. The van der Waals surface area contributed by atoms with Crippen LogP contribution in [0.25, 0.3) is 0 Å². The highest BCUT2D eigenvalue weighted by Gasteiger charge is 2.30. The van der Waals surface area contributed by atoms with E-state index < -0.39 is 0 Å². The molecule has 1 saturated heterocycles. The van der Waals surface area contributed by atoms with Crippen molar-refractivity contribution in [3.63, 3.8) is 0 Å². The van der Waals surface area contributed by atoms with Crippen LogP contribution in [-0.4, -0.2) is 30.5 Å². The van der Waals surface area contributed by atoms with E-state index in [9.17, 15) is 4.79 Å². The summed E-state index contributed by atoms with van der Waals surface area (Å²) in [6.45, 7) is 1.43. The molecule has 1 amide bonds. The quantitative estimate of drug-likeness (QED) is 0.808. The maximum Gasteiger partial charge on any atom is 0.225 e. The highest BCUT2D eigenvalue weighted by atomic mass is 79.9. The molecule has 3 nitrogen and oxygen atoms in total. The Labute approximate surface area is 105 Å². The van der Waals surface area contributed by atoms with E-state index in [1.807, 2.05) is 0 Å². The first-order valence-electron chi connectivity index (χ1n) is 6.25. The summed E-state index contributed by atoms with van der Waals surface area (Å²) >= 11 is 3.53. The van der Waals surface area contributed by atoms with Gasteiger partial charge in [-0.1, -0.05) is 22.4 Å². The lowest BCUT2D eigenvalue weighted by atomic mass is 9.99. The van der Waals surface area contributed by atoms with Crippen molar-refractivity contribution in [2.24, 2.45) is 11.8 Å². The average Bonchev–Trinajstić information content (AvgIpc) is 2.77. The highest BCUT2D eigenvalue weighted by Crippen LogP contribution is 2.27. The lowest BCUT2D eigenvalue weighted by Crippen LogP contribution is -2.43. The molecule has 16 heavy (non-hydrogen) atoms. The molecule has 1 N–H and O–H groups in total. The van der Waals surface area contributed by atoms with E-state index in [0.29, 0.717) is 18.6 Å². The fourth-order valence-electron chi connectivity index (χ4n) is 2.66. The predicted molar refractivity (Wildman–Crippen MR) is 66.6 cm³/mol. The van der Waals surface area contributed by atoms with Crippen LogP contribution in [0.15, 0.2) is 0 Å². The standard InChI is InChI=1S/C12H20BrNO2/c13-7-9-3-1-5-11(9)14-12(15)10-4-2-6-16-8-10/h9-11H,1-8H2,(H,14,15). The number of amides is 1. The van der Waals surface area contributed by atoms with E-state index in [-0.39, 0.29) is 11.8 Å². The van der Waals surface area contributed by atoms with Crippen molar-refractivity contribution < 1.29 is 9.53 Å². The van der Waals surface area contributed by atoms with Gasteiger partial charge in [0.1, 0.15) is 0 Å². The lowest BCUT2D eigenvalue weighted by molar-refractivity contribution is -0.129. The third kappa shape index (κ3) is 2.98. The molecule has 3 unspecified atom stereocenters. The number of ether oxygens (including phenoxy) is 1. The van der Waals surface area contributed by atoms with Crippen molar-refractivity contribution in [2.75, 3.05) is 18.5 Å². The van der Waals surface area contributed by atoms with Crippen LogP contribution in [0.5, 0.6) is 0 Å². The number of halogens is 1. The smallest absolute Gasteiger partial charge is 0.225 e. The molecule has 4 heteroatoms. The normalized spacial score (nSPS) is 34.9.